The molecule has 0 spiro atoms. The summed E-state index contributed by atoms with van der Waals surface area (Å²) in [5, 5.41) is -0.203. The summed E-state index contributed by atoms with van der Waals surface area (Å²) in [5.74, 6) is 0.128. The normalized spacial score (nSPS) is 20.8. The molecule has 0 N–H and O–H groups in total. The van der Waals surface area contributed by atoms with Gasteiger partial charge in [0.15, 0.2) is 0 Å². The molecule has 0 radical (unpaired) electrons. The van der Waals surface area contributed by atoms with E-state index in [1.54, 1.807) is 0 Å². The molecule has 2 aliphatic heterocycles. The number of benzene rings is 1. The minimum absolute atomic E-state index is 0.0824. The molecule has 8 heteroatoms. The molecule has 24 heavy (non-hydrogen) atoms. The van der Waals surface area contributed by atoms with Crippen LogP contribution in [-0.2, 0) is 21.2 Å². The predicted molar refractivity (Wildman–Crippen MR) is 93.2 cm³/mol. The third kappa shape index (κ3) is 3.81. The van der Waals surface area contributed by atoms with Crippen LogP contribution in [0, 0.1) is 0 Å². The van der Waals surface area contributed by atoms with Gasteiger partial charge in [0.05, 0.1) is 11.5 Å². The van der Waals surface area contributed by atoms with Crippen LogP contribution in [0.3, 0.4) is 0 Å². The smallest absolute Gasteiger partial charge is 0.273 e. The molecule has 6 nitrogen and oxygen atoms in total. The van der Waals surface area contributed by atoms with Crippen molar-refractivity contribution in [2.75, 3.05) is 24.6 Å². The standard InChI is InChI=1S/C16H20N2O4S2/c19-15-12-23-16(20)18(15)14-6-9-17(10-7-14)24(21,22)11-8-13-4-2-1-3-5-13/h1-5,14H,6-12H2. The van der Waals surface area contributed by atoms with Crippen molar-refractivity contribution in [1.82, 2.24) is 9.21 Å². The Morgan fingerprint density at radius 1 is 1.08 bits per heavy atom. The van der Waals surface area contributed by atoms with Gasteiger partial charge in [-0.25, -0.2) is 12.7 Å². The van der Waals surface area contributed by atoms with Crippen LogP contribution in [0.4, 0.5) is 4.79 Å². The highest BCUT2D eigenvalue weighted by Crippen LogP contribution is 2.27. The average molecular weight is 368 g/mol. The fourth-order valence-electron chi connectivity index (χ4n) is 3.12. The molecule has 2 heterocycles. The lowest BCUT2D eigenvalue weighted by Crippen LogP contribution is -2.48. The van der Waals surface area contributed by atoms with E-state index in [1.807, 2.05) is 30.3 Å². The van der Waals surface area contributed by atoms with E-state index in [4.69, 9.17) is 0 Å². The van der Waals surface area contributed by atoms with Crippen molar-refractivity contribution in [2.45, 2.75) is 25.3 Å². The molecule has 1 aromatic rings. The Morgan fingerprint density at radius 3 is 2.33 bits per heavy atom. The Labute approximate surface area is 146 Å². The van der Waals surface area contributed by atoms with Gasteiger partial charge in [0.25, 0.3) is 5.24 Å². The Balaban J connectivity index is 1.55. The van der Waals surface area contributed by atoms with E-state index in [0.29, 0.717) is 32.4 Å². The molecule has 0 bridgehead atoms. The fourth-order valence-corrected chi connectivity index (χ4v) is 5.41. The number of aryl methyl sites for hydroxylation is 1. The second kappa shape index (κ2) is 7.25. The quantitative estimate of drug-likeness (QED) is 0.791. The minimum Gasteiger partial charge on any atom is -0.273 e. The first-order chi connectivity index (χ1) is 11.5. The molecule has 2 fully saturated rings. The summed E-state index contributed by atoms with van der Waals surface area (Å²) in [5.41, 5.74) is 1.00. The number of imide groups is 1. The maximum atomic E-state index is 12.5. The second-order valence-electron chi connectivity index (χ2n) is 6.00. The Bertz CT molecular complexity index is 697. The number of sulfonamides is 1. The van der Waals surface area contributed by atoms with Crippen LogP contribution >= 0.6 is 11.8 Å². The molecule has 0 aliphatic carbocycles. The van der Waals surface area contributed by atoms with Crippen molar-refractivity contribution < 1.29 is 18.0 Å². The van der Waals surface area contributed by atoms with E-state index in [9.17, 15) is 18.0 Å². The van der Waals surface area contributed by atoms with Gasteiger partial charge in [-0.15, -0.1) is 0 Å². The summed E-state index contributed by atoms with van der Waals surface area (Å²) in [6, 6.07) is 9.38. The van der Waals surface area contributed by atoms with Gasteiger partial charge in [-0.1, -0.05) is 42.1 Å². The highest BCUT2D eigenvalue weighted by atomic mass is 32.2. The number of amides is 2. The van der Waals surface area contributed by atoms with Crippen LogP contribution in [0.5, 0.6) is 0 Å². The van der Waals surface area contributed by atoms with E-state index < -0.39 is 10.0 Å². The third-order valence-electron chi connectivity index (χ3n) is 4.46. The zero-order chi connectivity index (χ0) is 17.2. The average Bonchev–Trinajstić information content (AvgIpc) is 2.93. The zero-order valence-electron chi connectivity index (χ0n) is 13.3. The van der Waals surface area contributed by atoms with Crippen molar-refractivity contribution in [3.8, 4) is 0 Å². The van der Waals surface area contributed by atoms with Crippen LogP contribution in [0.25, 0.3) is 0 Å². The summed E-state index contributed by atoms with van der Waals surface area (Å²) < 4.78 is 26.5. The van der Waals surface area contributed by atoms with Gasteiger partial charge in [-0.3, -0.25) is 14.5 Å². The van der Waals surface area contributed by atoms with Crippen molar-refractivity contribution in [3.05, 3.63) is 35.9 Å². The van der Waals surface area contributed by atoms with E-state index in [-0.39, 0.29) is 28.7 Å². The summed E-state index contributed by atoms with van der Waals surface area (Å²) in [6.07, 6.45) is 1.52. The molecule has 1 aromatic carbocycles. The van der Waals surface area contributed by atoms with Crippen molar-refractivity contribution in [2.24, 2.45) is 0 Å². The molecule has 2 saturated heterocycles. The van der Waals surface area contributed by atoms with E-state index in [1.165, 1.54) is 9.21 Å². The largest absolute Gasteiger partial charge is 0.289 e. The highest BCUT2D eigenvalue weighted by Gasteiger charge is 2.38. The number of carbonyl (C=O) groups excluding carboxylic acids is 2. The van der Waals surface area contributed by atoms with Crippen LogP contribution < -0.4 is 0 Å². The lowest BCUT2D eigenvalue weighted by atomic mass is 10.1. The van der Waals surface area contributed by atoms with Crippen LogP contribution in [0.2, 0.25) is 0 Å². The second-order valence-corrected chi connectivity index (χ2v) is 9.02. The van der Waals surface area contributed by atoms with E-state index in [0.717, 1.165) is 17.3 Å². The van der Waals surface area contributed by atoms with Gasteiger partial charge >= 0.3 is 0 Å². The Hall–Kier alpha value is -1.38. The van der Waals surface area contributed by atoms with Crippen molar-refractivity contribution in [1.29, 1.82) is 0 Å². The molecule has 0 aromatic heterocycles. The molecule has 0 unspecified atom stereocenters. The summed E-state index contributed by atoms with van der Waals surface area (Å²) in [4.78, 5) is 24.9. The molecule has 3 rings (SSSR count). The molecule has 0 saturated carbocycles. The van der Waals surface area contributed by atoms with Gasteiger partial charge < -0.3 is 0 Å². The maximum absolute atomic E-state index is 12.5. The van der Waals surface area contributed by atoms with E-state index >= 15 is 0 Å². The van der Waals surface area contributed by atoms with Crippen molar-refractivity contribution in [3.63, 3.8) is 0 Å². The maximum Gasteiger partial charge on any atom is 0.289 e. The number of hydrogen-bond acceptors (Lipinski definition) is 5. The predicted octanol–water partition coefficient (Wildman–Crippen LogP) is 1.72. The number of piperidine rings is 1. The molecular weight excluding hydrogens is 348 g/mol. The number of carbonyl (C=O) groups is 2. The third-order valence-corrected chi connectivity index (χ3v) is 7.16. The van der Waals surface area contributed by atoms with E-state index in [2.05, 4.69) is 0 Å². The van der Waals surface area contributed by atoms with Gasteiger partial charge in [0, 0.05) is 19.1 Å². The molecule has 2 aliphatic rings. The van der Waals surface area contributed by atoms with Gasteiger partial charge in [0.1, 0.15) is 0 Å². The SMILES string of the molecule is O=C1CSC(=O)N1C1CCN(S(=O)(=O)CCc2ccccc2)CC1. The first kappa shape index (κ1) is 17.4. The molecule has 2 amide bonds. The van der Waals surface area contributed by atoms with Crippen LogP contribution in [0.15, 0.2) is 30.3 Å². The summed E-state index contributed by atoms with van der Waals surface area (Å²) in [7, 11) is -3.32. The lowest BCUT2D eigenvalue weighted by Gasteiger charge is -2.34. The molecular formula is C16H20N2O4S2. The van der Waals surface area contributed by atoms with Gasteiger partial charge in [-0.05, 0) is 24.8 Å². The Morgan fingerprint density at radius 2 is 1.75 bits per heavy atom. The Kier molecular flexibility index (Phi) is 5.27. The van der Waals surface area contributed by atoms with Gasteiger partial charge in [0.2, 0.25) is 15.9 Å². The van der Waals surface area contributed by atoms with Crippen LogP contribution in [-0.4, -0.2) is 59.4 Å². The zero-order valence-corrected chi connectivity index (χ0v) is 14.9. The first-order valence-corrected chi connectivity index (χ1v) is 10.6. The number of hydrogen-bond donors (Lipinski definition) is 0. The molecule has 130 valence electrons. The summed E-state index contributed by atoms with van der Waals surface area (Å²) >= 11 is 1.02. The topological polar surface area (TPSA) is 74.8 Å². The highest BCUT2D eigenvalue weighted by molar-refractivity contribution is 8.14. The van der Waals surface area contributed by atoms with Crippen LogP contribution in [0.1, 0.15) is 18.4 Å². The summed E-state index contributed by atoms with van der Waals surface area (Å²) in [6.45, 7) is 0.729. The van der Waals surface area contributed by atoms with Crippen molar-refractivity contribution >= 4 is 32.9 Å². The van der Waals surface area contributed by atoms with Gasteiger partial charge in [-0.2, -0.15) is 0 Å². The molecule has 0 atom stereocenters. The minimum atomic E-state index is -3.32. The number of thioether (sulfide) groups is 1. The fraction of sp³-hybridized carbons (Fsp3) is 0.500. The number of nitrogens with zero attached hydrogens (tertiary/aromatic N) is 2. The first-order valence-electron chi connectivity index (χ1n) is 7.98. The monoisotopic (exact) mass is 368 g/mol. The lowest BCUT2D eigenvalue weighted by molar-refractivity contribution is -0.126. The number of rotatable bonds is 5.